The standard InChI is InChI=1S/C22H29N3O/c1-22(2,3)18-11-9-17(10-12-18)21(26)23-19-7-5-6-8-20(19)25-15-13-24(4)14-16-25/h5-12H,13-16H2,1-4H3,(H,23,26). The second kappa shape index (κ2) is 7.50. The molecule has 0 aliphatic carbocycles. The van der Waals surface area contributed by atoms with E-state index in [0.29, 0.717) is 5.56 Å². The van der Waals surface area contributed by atoms with Crippen molar-refractivity contribution in [2.75, 3.05) is 43.4 Å². The second-order valence-electron chi connectivity index (χ2n) is 8.09. The first-order valence-corrected chi connectivity index (χ1v) is 9.29. The average molecular weight is 351 g/mol. The molecule has 0 atom stereocenters. The number of carbonyl (C=O) groups is 1. The molecule has 1 aliphatic rings. The lowest BCUT2D eigenvalue weighted by Gasteiger charge is -2.35. The summed E-state index contributed by atoms with van der Waals surface area (Å²) in [4.78, 5) is 17.4. The van der Waals surface area contributed by atoms with E-state index >= 15 is 0 Å². The lowest BCUT2D eigenvalue weighted by molar-refractivity contribution is 0.102. The van der Waals surface area contributed by atoms with Crippen molar-refractivity contribution < 1.29 is 4.79 Å². The predicted molar refractivity (Wildman–Crippen MR) is 109 cm³/mol. The Morgan fingerprint density at radius 1 is 0.923 bits per heavy atom. The number of carbonyl (C=O) groups excluding carboxylic acids is 1. The van der Waals surface area contributed by atoms with Crippen molar-refractivity contribution in [2.24, 2.45) is 0 Å². The van der Waals surface area contributed by atoms with Crippen LogP contribution in [0.5, 0.6) is 0 Å². The van der Waals surface area contributed by atoms with Gasteiger partial charge in [0.05, 0.1) is 11.4 Å². The lowest BCUT2D eigenvalue weighted by Crippen LogP contribution is -2.44. The monoisotopic (exact) mass is 351 g/mol. The van der Waals surface area contributed by atoms with E-state index in [4.69, 9.17) is 0 Å². The van der Waals surface area contributed by atoms with Gasteiger partial charge >= 0.3 is 0 Å². The quantitative estimate of drug-likeness (QED) is 0.908. The van der Waals surface area contributed by atoms with Crippen molar-refractivity contribution in [3.05, 3.63) is 59.7 Å². The number of piperazine rings is 1. The molecule has 2 aromatic rings. The molecule has 4 heteroatoms. The maximum Gasteiger partial charge on any atom is 0.255 e. The van der Waals surface area contributed by atoms with Gasteiger partial charge < -0.3 is 15.1 Å². The van der Waals surface area contributed by atoms with E-state index < -0.39 is 0 Å². The maximum absolute atomic E-state index is 12.7. The minimum atomic E-state index is -0.0629. The molecule has 1 fully saturated rings. The summed E-state index contributed by atoms with van der Waals surface area (Å²) in [5, 5.41) is 3.10. The molecular weight excluding hydrogens is 322 g/mol. The number of hydrogen-bond donors (Lipinski definition) is 1. The lowest BCUT2D eigenvalue weighted by atomic mass is 9.87. The number of nitrogens with one attached hydrogen (secondary N) is 1. The first-order valence-electron chi connectivity index (χ1n) is 9.29. The Morgan fingerprint density at radius 3 is 2.15 bits per heavy atom. The Kier molecular flexibility index (Phi) is 5.33. The first kappa shape index (κ1) is 18.5. The van der Waals surface area contributed by atoms with Gasteiger partial charge in [0.2, 0.25) is 0 Å². The van der Waals surface area contributed by atoms with Crippen LogP contribution >= 0.6 is 0 Å². The Labute approximate surface area is 156 Å². The van der Waals surface area contributed by atoms with Crippen molar-refractivity contribution in [1.82, 2.24) is 4.90 Å². The smallest absolute Gasteiger partial charge is 0.255 e. The molecule has 2 aromatic carbocycles. The van der Waals surface area contributed by atoms with Gasteiger partial charge in [-0.25, -0.2) is 0 Å². The molecule has 0 spiro atoms. The van der Waals surface area contributed by atoms with Crippen molar-refractivity contribution in [3.63, 3.8) is 0 Å². The van der Waals surface area contributed by atoms with Gasteiger partial charge in [0.15, 0.2) is 0 Å². The largest absolute Gasteiger partial charge is 0.367 e. The van der Waals surface area contributed by atoms with E-state index in [1.165, 1.54) is 5.56 Å². The van der Waals surface area contributed by atoms with Gasteiger partial charge in [-0.15, -0.1) is 0 Å². The van der Waals surface area contributed by atoms with Crippen LogP contribution in [0, 0.1) is 0 Å². The summed E-state index contributed by atoms with van der Waals surface area (Å²) in [7, 11) is 2.15. The molecule has 0 unspecified atom stereocenters. The van der Waals surface area contributed by atoms with E-state index in [1.807, 2.05) is 42.5 Å². The Balaban J connectivity index is 1.75. The fourth-order valence-corrected chi connectivity index (χ4v) is 3.22. The third kappa shape index (κ3) is 4.25. The highest BCUT2D eigenvalue weighted by Crippen LogP contribution is 2.27. The number of hydrogen-bond acceptors (Lipinski definition) is 3. The predicted octanol–water partition coefficient (Wildman–Crippen LogP) is 3.99. The fraction of sp³-hybridized carbons (Fsp3) is 0.409. The number of rotatable bonds is 3. The van der Waals surface area contributed by atoms with E-state index in [2.05, 4.69) is 49.0 Å². The summed E-state index contributed by atoms with van der Waals surface area (Å²) >= 11 is 0. The summed E-state index contributed by atoms with van der Waals surface area (Å²) in [6.45, 7) is 10.6. The van der Waals surface area contributed by atoms with Gasteiger partial charge in [0, 0.05) is 31.7 Å². The van der Waals surface area contributed by atoms with Crippen LogP contribution in [0.4, 0.5) is 11.4 Å². The Morgan fingerprint density at radius 2 is 1.54 bits per heavy atom. The average Bonchev–Trinajstić information content (AvgIpc) is 2.62. The van der Waals surface area contributed by atoms with Crippen LogP contribution in [0.3, 0.4) is 0 Å². The molecule has 3 rings (SSSR count). The second-order valence-corrected chi connectivity index (χ2v) is 8.09. The number of nitrogens with zero attached hydrogens (tertiary/aromatic N) is 2. The van der Waals surface area contributed by atoms with Crippen LogP contribution in [0.2, 0.25) is 0 Å². The van der Waals surface area contributed by atoms with Crippen molar-refractivity contribution in [3.8, 4) is 0 Å². The summed E-state index contributed by atoms with van der Waals surface area (Å²) in [5.41, 5.74) is 3.98. The number of para-hydroxylation sites is 2. The van der Waals surface area contributed by atoms with Gasteiger partial charge in [0.1, 0.15) is 0 Å². The van der Waals surface area contributed by atoms with Gasteiger partial charge in [-0.1, -0.05) is 45.0 Å². The van der Waals surface area contributed by atoms with E-state index in [1.54, 1.807) is 0 Å². The molecule has 26 heavy (non-hydrogen) atoms. The molecule has 0 saturated carbocycles. The molecule has 0 radical (unpaired) electrons. The van der Waals surface area contributed by atoms with Gasteiger partial charge in [0.25, 0.3) is 5.91 Å². The van der Waals surface area contributed by atoms with E-state index in [-0.39, 0.29) is 11.3 Å². The van der Waals surface area contributed by atoms with Gasteiger partial charge in [-0.2, -0.15) is 0 Å². The number of anilines is 2. The van der Waals surface area contributed by atoms with Crippen LogP contribution in [0.1, 0.15) is 36.7 Å². The first-order chi connectivity index (χ1) is 12.3. The van der Waals surface area contributed by atoms with Crippen LogP contribution in [-0.2, 0) is 5.41 Å². The molecule has 0 aromatic heterocycles. The van der Waals surface area contributed by atoms with Crippen LogP contribution < -0.4 is 10.2 Å². The molecule has 1 heterocycles. The van der Waals surface area contributed by atoms with Crippen LogP contribution in [0.15, 0.2) is 48.5 Å². The topological polar surface area (TPSA) is 35.6 Å². The fourth-order valence-electron chi connectivity index (χ4n) is 3.22. The number of benzene rings is 2. The highest BCUT2D eigenvalue weighted by atomic mass is 16.1. The number of amides is 1. The van der Waals surface area contributed by atoms with Crippen molar-refractivity contribution in [1.29, 1.82) is 0 Å². The maximum atomic E-state index is 12.7. The van der Waals surface area contributed by atoms with Crippen molar-refractivity contribution >= 4 is 17.3 Å². The summed E-state index contributed by atoms with van der Waals surface area (Å²) in [5.74, 6) is -0.0629. The Hall–Kier alpha value is -2.33. The zero-order valence-corrected chi connectivity index (χ0v) is 16.2. The molecule has 1 saturated heterocycles. The molecular formula is C22H29N3O. The van der Waals surface area contributed by atoms with E-state index in [0.717, 1.165) is 37.6 Å². The molecule has 4 nitrogen and oxygen atoms in total. The highest BCUT2D eigenvalue weighted by Gasteiger charge is 2.18. The van der Waals surface area contributed by atoms with Crippen LogP contribution in [-0.4, -0.2) is 44.0 Å². The van der Waals surface area contributed by atoms with Crippen LogP contribution in [0.25, 0.3) is 0 Å². The summed E-state index contributed by atoms with van der Waals surface area (Å²) < 4.78 is 0. The normalized spacial score (nSPS) is 15.8. The minimum Gasteiger partial charge on any atom is -0.367 e. The molecule has 138 valence electrons. The minimum absolute atomic E-state index is 0.0629. The summed E-state index contributed by atoms with van der Waals surface area (Å²) in [6.07, 6.45) is 0. The highest BCUT2D eigenvalue weighted by molar-refractivity contribution is 6.06. The third-order valence-electron chi connectivity index (χ3n) is 5.01. The zero-order valence-electron chi connectivity index (χ0n) is 16.2. The number of likely N-dealkylation sites (N-methyl/N-ethyl adjacent to an activating group) is 1. The van der Waals surface area contributed by atoms with Gasteiger partial charge in [-0.05, 0) is 42.3 Å². The molecule has 0 bridgehead atoms. The third-order valence-corrected chi connectivity index (χ3v) is 5.01. The summed E-state index contributed by atoms with van der Waals surface area (Å²) in [6, 6.07) is 16.0. The van der Waals surface area contributed by atoms with Crippen molar-refractivity contribution in [2.45, 2.75) is 26.2 Å². The molecule has 1 amide bonds. The van der Waals surface area contributed by atoms with Gasteiger partial charge in [-0.3, -0.25) is 4.79 Å². The SMILES string of the molecule is CN1CCN(c2ccccc2NC(=O)c2ccc(C(C)(C)C)cc2)CC1. The Bertz CT molecular complexity index is 754. The molecule has 1 aliphatic heterocycles. The van der Waals surface area contributed by atoms with E-state index in [9.17, 15) is 4.79 Å². The molecule has 1 N–H and O–H groups in total. The zero-order chi connectivity index (χ0) is 18.7.